The minimum Gasteiger partial charge on any atom is -0.311 e. The van der Waals surface area contributed by atoms with Crippen LogP contribution in [0.4, 0.5) is 26.3 Å². The van der Waals surface area contributed by atoms with E-state index >= 15 is 0 Å². The third-order valence-electron chi connectivity index (χ3n) is 2.32. The van der Waals surface area contributed by atoms with Gasteiger partial charge in [-0.1, -0.05) is 18.2 Å². The molecule has 0 heterocycles. The summed E-state index contributed by atoms with van der Waals surface area (Å²) >= 11 is 0. The van der Waals surface area contributed by atoms with Crippen molar-refractivity contribution in [2.45, 2.75) is 38.7 Å². The monoisotopic (exact) mass is 377 g/mol. The van der Waals surface area contributed by atoms with E-state index in [1.54, 1.807) is 26.8 Å². The van der Waals surface area contributed by atoms with Crippen LogP contribution in [0.3, 0.4) is 0 Å². The van der Waals surface area contributed by atoms with Crippen molar-refractivity contribution in [3.63, 3.8) is 0 Å². The van der Waals surface area contributed by atoms with Gasteiger partial charge in [0.25, 0.3) is 0 Å². The molecule has 0 aliphatic heterocycles. The molecular formula is C14H18F6NO2P. The summed E-state index contributed by atoms with van der Waals surface area (Å²) in [6.45, 7) is 1.11. The van der Waals surface area contributed by atoms with Gasteiger partial charge in [0.05, 0.1) is 5.54 Å². The number of hydrogen-bond donors (Lipinski definition) is 0. The van der Waals surface area contributed by atoms with Gasteiger partial charge in [-0.2, -0.15) is 26.3 Å². The Balaban J connectivity index is 3.40. The maximum Gasteiger partial charge on any atom is 0.412 e. The molecule has 0 aliphatic rings. The summed E-state index contributed by atoms with van der Waals surface area (Å²) in [7, 11) is -3.98. The summed E-state index contributed by atoms with van der Waals surface area (Å²) in [5, 5.41) is 0.0495. The molecule has 0 N–H and O–H groups in total. The molecule has 0 atom stereocenters. The van der Waals surface area contributed by atoms with Crippen molar-refractivity contribution < 1.29 is 35.4 Å². The zero-order valence-electron chi connectivity index (χ0n) is 13.3. The molecule has 3 nitrogen and oxygen atoms in total. The van der Waals surface area contributed by atoms with E-state index in [-0.39, 0.29) is 5.30 Å². The summed E-state index contributed by atoms with van der Waals surface area (Å²) in [5.74, 6) is 0. The number of rotatable bonds is 5. The average Bonchev–Trinajstić information content (AvgIpc) is 2.40. The van der Waals surface area contributed by atoms with Gasteiger partial charge in [-0.25, -0.2) is 4.74 Å². The minimum absolute atomic E-state index is 0.0495. The number of halogens is 6. The Hall–Kier alpha value is -1.05. The fraction of sp³-hybridized carbons (Fsp3) is 0.571. The van der Waals surface area contributed by atoms with Crippen molar-refractivity contribution >= 4 is 12.8 Å². The number of nitrogens with zero attached hydrogens (tertiary/aromatic N) is 1. The van der Waals surface area contributed by atoms with Crippen molar-refractivity contribution in [1.82, 2.24) is 0 Å². The number of hydrogen-bond acceptors (Lipinski definition) is 3. The van der Waals surface area contributed by atoms with Crippen LogP contribution in [-0.4, -0.2) is 31.1 Å². The lowest BCUT2D eigenvalue weighted by atomic mass is 10.1. The smallest absolute Gasteiger partial charge is 0.311 e. The van der Waals surface area contributed by atoms with Crippen LogP contribution < -0.4 is 5.30 Å². The van der Waals surface area contributed by atoms with Gasteiger partial charge in [-0.15, -0.1) is 0 Å². The SMILES string of the molecule is CC(C)(C)N=P(OCC(F)(F)F)(OCC(F)(F)F)c1ccccc1. The topological polar surface area (TPSA) is 30.8 Å². The minimum atomic E-state index is -4.73. The predicted molar refractivity (Wildman–Crippen MR) is 79.2 cm³/mol. The standard InChI is InChI=1S/C14H18F6NO2P/c1-12(2,3)21-24(22-9-13(15,16)17,23-10-14(18,19)20)11-7-5-4-6-8-11/h4-8H,9-10H2,1-3H3. The molecule has 0 aromatic heterocycles. The second kappa shape index (κ2) is 7.45. The quantitative estimate of drug-likeness (QED) is 0.515. The first-order valence-electron chi connectivity index (χ1n) is 6.84. The Labute approximate surface area is 136 Å². The van der Waals surface area contributed by atoms with E-state index in [1.165, 1.54) is 24.3 Å². The molecule has 0 fully saturated rings. The van der Waals surface area contributed by atoms with Gasteiger partial charge in [-0.05, 0) is 32.9 Å². The summed E-state index contributed by atoms with van der Waals surface area (Å²) in [5.41, 5.74) is -0.971. The maximum absolute atomic E-state index is 12.6. The van der Waals surface area contributed by atoms with Gasteiger partial charge < -0.3 is 9.05 Å². The van der Waals surface area contributed by atoms with Crippen molar-refractivity contribution in [2.75, 3.05) is 13.2 Å². The fourth-order valence-corrected chi connectivity index (χ4v) is 4.22. The Morgan fingerprint density at radius 2 is 1.25 bits per heavy atom. The maximum atomic E-state index is 12.6. The average molecular weight is 377 g/mol. The lowest BCUT2D eigenvalue weighted by Gasteiger charge is -2.29. The normalized spacial score (nSPS) is 13.9. The molecule has 0 unspecified atom stereocenters. The van der Waals surface area contributed by atoms with Gasteiger partial charge in [0, 0.05) is 5.30 Å². The molecule has 0 spiro atoms. The summed E-state index contributed by atoms with van der Waals surface area (Å²) in [6, 6.07) is 7.20. The molecule has 1 rings (SSSR count). The highest BCUT2D eigenvalue weighted by Gasteiger charge is 2.39. The van der Waals surface area contributed by atoms with E-state index in [0.29, 0.717) is 0 Å². The Morgan fingerprint density at radius 3 is 1.58 bits per heavy atom. The first-order valence-corrected chi connectivity index (χ1v) is 8.42. The van der Waals surface area contributed by atoms with Crippen LogP contribution in [0.25, 0.3) is 0 Å². The third kappa shape index (κ3) is 7.68. The van der Waals surface area contributed by atoms with Crippen LogP contribution in [-0.2, 0) is 9.05 Å². The molecule has 0 saturated heterocycles. The van der Waals surface area contributed by atoms with E-state index in [2.05, 4.69) is 4.74 Å². The van der Waals surface area contributed by atoms with Crippen molar-refractivity contribution in [2.24, 2.45) is 4.74 Å². The fourth-order valence-electron chi connectivity index (χ4n) is 1.63. The molecule has 0 aliphatic carbocycles. The number of benzene rings is 1. The molecular weight excluding hydrogens is 359 g/mol. The molecule has 138 valence electrons. The highest BCUT2D eigenvalue weighted by molar-refractivity contribution is 7.64. The van der Waals surface area contributed by atoms with Crippen LogP contribution in [0.15, 0.2) is 35.1 Å². The van der Waals surface area contributed by atoms with Crippen molar-refractivity contribution in [3.8, 4) is 0 Å². The third-order valence-corrected chi connectivity index (χ3v) is 5.09. The van der Waals surface area contributed by atoms with Crippen LogP contribution in [0.5, 0.6) is 0 Å². The van der Waals surface area contributed by atoms with Crippen molar-refractivity contribution in [1.29, 1.82) is 0 Å². The van der Waals surface area contributed by atoms with Gasteiger partial charge in [-0.3, -0.25) is 0 Å². The molecule has 10 heteroatoms. The zero-order chi connectivity index (χ0) is 18.6. The Bertz CT molecular complexity index is 556. The zero-order valence-corrected chi connectivity index (χ0v) is 14.2. The highest BCUT2D eigenvalue weighted by atomic mass is 31.2. The van der Waals surface area contributed by atoms with E-state index in [0.717, 1.165) is 0 Å². The summed E-state index contributed by atoms with van der Waals surface area (Å²) in [6.07, 6.45) is -9.45. The first-order chi connectivity index (χ1) is 10.7. The molecule has 1 aromatic carbocycles. The molecule has 0 amide bonds. The van der Waals surface area contributed by atoms with Crippen LogP contribution in [0.2, 0.25) is 0 Å². The summed E-state index contributed by atoms with van der Waals surface area (Å²) in [4.78, 5) is 0. The van der Waals surface area contributed by atoms with E-state index in [1.807, 2.05) is 0 Å². The first kappa shape index (κ1) is 21.0. The van der Waals surface area contributed by atoms with Crippen LogP contribution >= 0.6 is 7.51 Å². The van der Waals surface area contributed by atoms with E-state index < -0.39 is 38.6 Å². The van der Waals surface area contributed by atoms with Gasteiger partial charge >= 0.3 is 12.4 Å². The molecule has 1 aromatic rings. The molecule has 0 bridgehead atoms. The van der Waals surface area contributed by atoms with Gasteiger partial charge in [0.2, 0.25) is 7.51 Å². The Morgan fingerprint density at radius 1 is 0.833 bits per heavy atom. The van der Waals surface area contributed by atoms with E-state index in [9.17, 15) is 26.3 Å². The van der Waals surface area contributed by atoms with Crippen LogP contribution in [0, 0.1) is 0 Å². The second-order valence-corrected chi connectivity index (χ2v) is 8.18. The lowest BCUT2D eigenvalue weighted by molar-refractivity contribution is -0.162. The lowest BCUT2D eigenvalue weighted by Crippen LogP contribution is -2.25. The number of alkyl halides is 6. The molecule has 24 heavy (non-hydrogen) atoms. The largest absolute Gasteiger partial charge is 0.412 e. The van der Waals surface area contributed by atoms with Crippen LogP contribution in [0.1, 0.15) is 20.8 Å². The predicted octanol–water partition coefficient (Wildman–Crippen LogP) is 5.30. The van der Waals surface area contributed by atoms with Crippen molar-refractivity contribution in [3.05, 3.63) is 30.3 Å². The van der Waals surface area contributed by atoms with Gasteiger partial charge in [0.15, 0.2) is 13.2 Å². The molecule has 0 radical (unpaired) electrons. The second-order valence-electron chi connectivity index (χ2n) is 5.90. The molecule has 0 saturated carbocycles. The Kier molecular flexibility index (Phi) is 6.52. The van der Waals surface area contributed by atoms with Gasteiger partial charge in [0.1, 0.15) is 0 Å². The summed E-state index contributed by atoms with van der Waals surface area (Å²) < 4.78 is 89.3. The highest BCUT2D eigenvalue weighted by Crippen LogP contribution is 2.54. The van der Waals surface area contributed by atoms with E-state index in [4.69, 9.17) is 9.05 Å².